The Balaban J connectivity index is 1.43. The number of para-hydroxylation sites is 1. The first kappa shape index (κ1) is 22.7. The zero-order chi connectivity index (χ0) is 25.4. The highest BCUT2D eigenvalue weighted by Crippen LogP contribution is 2.25. The number of imide groups is 2. The van der Waals surface area contributed by atoms with Crippen molar-refractivity contribution in [2.24, 2.45) is 0 Å². The Hall–Kier alpha value is -5.13. The van der Waals surface area contributed by atoms with E-state index in [4.69, 9.17) is 0 Å². The quantitative estimate of drug-likeness (QED) is 0.184. The molecule has 1 saturated heterocycles. The van der Waals surface area contributed by atoms with Crippen molar-refractivity contribution in [2.45, 2.75) is 20.0 Å². The topological polar surface area (TPSA) is 154 Å². The summed E-state index contributed by atoms with van der Waals surface area (Å²) in [6.45, 7) is 2.39. The number of hydrogen-bond donors (Lipinski definition) is 2. The lowest BCUT2D eigenvalue weighted by molar-refractivity contribution is -0.385. The van der Waals surface area contributed by atoms with Crippen molar-refractivity contribution in [2.75, 3.05) is 0 Å². The van der Waals surface area contributed by atoms with Gasteiger partial charge in [0.15, 0.2) is 0 Å². The van der Waals surface area contributed by atoms with Gasteiger partial charge in [-0.3, -0.25) is 30.3 Å². The molecule has 1 aliphatic heterocycles. The number of rotatable bonds is 6. The van der Waals surface area contributed by atoms with Crippen molar-refractivity contribution in [1.82, 2.24) is 30.2 Å². The number of aromatic nitrogens is 4. The lowest BCUT2D eigenvalue weighted by Gasteiger charge is -2.13. The molecule has 4 aromatic rings. The van der Waals surface area contributed by atoms with E-state index < -0.39 is 22.8 Å². The highest BCUT2D eigenvalue weighted by molar-refractivity contribution is 6.31. The summed E-state index contributed by atoms with van der Waals surface area (Å²) in [5.74, 6) is -1.53. The van der Waals surface area contributed by atoms with Gasteiger partial charge in [-0.1, -0.05) is 35.5 Å². The summed E-state index contributed by atoms with van der Waals surface area (Å²) < 4.78 is 3.53. The predicted octanol–water partition coefficient (Wildman–Crippen LogP) is 2.30. The van der Waals surface area contributed by atoms with Crippen LogP contribution in [0.5, 0.6) is 0 Å². The molecular weight excluding hydrogens is 466 g/mol. The molecule has 2 N–H and O–H groups in total. The second-order valence-corrected chi connectivity index (χ2v) is 8.25. The van der Waals surface area contributed by atoms with Crippen LogP contribution in [0.4, 0.5) is 10.5 Å². The third-order valence-corrected chi connectivity index (χ3v) is 5.93. The number of amides is 4. The average Bonchev–Trinajstić information content (AvgIpc) is 3.42. The van der Waals surface area contributed by atoms with E-state index in [0.717, 1.165) is 16.5 Å². The van der Waals surface area contributed by atoms with Crippen LogP contribution in [0.25, 0.3) is 17.0 Å². The maximum absolute atomic E-state index is 12.2. The average molecular weight is 485 g/mol. The largest absolute Gasteiger partial charge is 0.341 e. The molecule has 0 unspecified atom stereocenters. The zero-order valence-corrected chi connectivity index (χ0v) is 19.0. The number of nitro groups is 1. The highest BCUT2D eigenvalue weighted by atomic mass is 16.6. The first-order valence-corrected chi connectivity index (χ1v) is 10.9. The molecule has 1 aliphatic rings. The van der Waals surface area contributed by atoms with E-state index in [0.29, 0.717) is 29.9 Å². The van der Waals surface area contributed by atoms with Crippen LogP contribution < -0.4 is 10.6 Å². The maximum Gasteiger partial charge on any atom is 0.328 e. The number of barbiturate groups is 1. The fourth-order valence-corrected chi connectivity index (χ4v) is 4.16. The van der Waals surface area contributed by atoms with Crippen molar-refractivity contribution in [3.63, 3.8) is 0 Å². The molecule has 12 heteroatoms. The van der Waals surface area contributed by atoms with Crippen molar-refractivity contribution >= 4 is 40.5 Å². The third-order valence-electron chi connectivity index (χ3n) is 5.93. The number of nitrogens with one attached hydrogen (secondary N) is 2. The summed E-state index contributed by atoms with van der Waals surface area (Å²) in [5.41, 5.74) is 3.35. The number of nitrogens with zero attached hydrogens (tertiary/aromatic N) is 5. The Labute approximate surface area is 203 Å². The molecule has 0 atom stereocenters. The van der Waals surface area contributed by atoms with Crippen molar-refractivity contribution < 1.29 is 19.3 Å². The van der Waals surface area contributed by atoms with E-state index >= 15 is 0 Å². The summed E-state index contributed by atoms with van der Waals surface area (Å²) in [7, 11) is 0. The molecule has 1 fully saturated rings. The monoisotopic (exact) mass is 485 g/mol. The van der Waals surface area contributed by atoms with Gasteiger partial charge in [0.05, 0.1) is 24.2 Å². The van der Waals surface area contributed by atoms with Gasteiger partial charge in [0, 0.05) is 34.3 Å². The first-order chi connectivity index (χ1) is 17.3. The van der Waals surface area contributed by atoms with Gasteiger partial charge in [-0.25, -0.2) is 9.48 Å². The maximum atomic E-state index is 12.2. The van der Waals surface area contributed by atoms with Crippen LogP contribution in [-0.2, 0) is 22.7 Å². The number of nitro benzene ring substituents is 1. The van der Waals surface area contributed by atoms with Gasteiger partial charge in [-0.2, -0.15) is 0 Å². The lowest BCUT2D eigenvalue weighted by Crippen LogP contribution is -2.51. The molecule has 180 valence electrons. The van der Waals surface area contributed by atoms with Crippen LogP contribution in [0, 0.1) is 17.0 Å². The number of carbonyl (C=O) groups is 3. The fourth-order valence-electron chi connectivity index (χ4n) is 4.16. The van der Waals surface area contributed by atoms with Gasteiger partial charge in [-0.05, 0) is 24.6 Å². The Bertz CT molecular complexity index is 1580. The molecule has 4 amide bonds. The minimum Gasteiger partial charge on any atom is -0.341 e. The number of benzene rings is 2. The molecule has 0 bridgehead atoms. The lowest BCUT2D eigenvalue weighted by atomic mass is 10.1. The van der Waals surface area contributed by atoms with Crippen LogP contribution in [0.1, 0.15) is 22.4 Å². The molecule has 12 nitrogen and oxygen atoms in total. The number of carbonyl (C=O) groups excluding carboxylic acids is 3. The molecule has 36 heavy (non-hydrogen) atoms. The summed E-state index contributed by atoms with van der Waals surface area (Å²) in [4.78, 5) is 46.5. The third kappa shape index (κ3) is 4.22. The van der Waals surface area contributed by atoms with Crippen molar-refractivity contribution in [1.29, 1.82) is 0 Å². The first-order valence-electron chi connectivity index (χ1n) is 10.9. The molecule has 0 saturated carbocycles. The van der Waals surface area contributed by atoms with Gasteiger partial charge in [0.25, 0.3) is 17.5 Å². The summed E-state index contributed by atoms with van der Waals surface area (Å²) in [6.07, 6.45) is 5.00. The number of hydrogen-bond acceptors (Lipinski definition) is 7. The minimum absolute atomic E-state index is 0.0537. The van der Waals surface area contributed by atoms with Crippen LogP contribution in [0.15, 0.2) is 60.4 Å². The number of fused-ring (bicyclic) bond motifs is 1. The molecule has 0 spiro atoms. The van der Waals surface area contributed by atoms with E-state index in [2.05, 4.69) is 20.9 Å². The molecule has 2 aromatic heterocycles. The normalized spacial score (nSPS) is 13.6. The van der Waals surface area contributed by atoms with Crippen molar-refractivity contribution in [3.8, 4) is 0 Å². The Morgan fingerprint density at radius 3 is 2.50 bits per heavy atom. The molecule has 0 aliphatic carbocycles. The van der Waals surface area contributed by atoms with Gasteiger partial charge in [0.1, 0.15) is 11.3 Å². The summed E-state index contributed by atoms with van der Waals surface area (Å²) >= 11 is 0. The van der Waals surface area contributed by atoms with Gasteiger partial charge < -0.3 is 4.57 Å². The Morgan fingerprint density at radius 1 is 1.00 bits per heavy atom. The van der Waals surface area contributed by atoms with Crippen molar-refractivity contribution in [3.05, 3.63) is 92.9 Å². The second kappa shape index (κ2) is 8.91. The van der Waals surface area contributed by atoms with Crippen LogP contribution in [-0.4, -0.2) is 42.3 Å². The fraction of sp³-hybridized carbons (Fsp3) is 0.125. The van der Waals surface area contributed by atoms with Crippen LogP contribution >= 0.6 is 0 Å². The van der Waals surface area contributed by atoms with Gasteiger partial charge in [0.2, 0.25) is 0 Å². The predicted molar refractivity (Wildman–Crippen MR) is 128 cm³/mol. The second-order valence-electron chi connectivity index (χ2n) is 8.25. The zero-order valence-electron chi connectivity index (χ0n) is 19.0. The SMILES string of the molecule is Cc1c(Cn2cc(Cn3cc(C=C4C(=O)NC(=O)NC4=O)c4ccccc43)nn2)cccc1[N+](=O)[O-]. The smallest absolute Gasteiger partial charge is 0.328 e. The summed E-state index contributed by atoms with van der Waals surface area (Å²) in [6, 6.07) is 11.6. The minimum atomic E-state index is -0.854. The number of urea groups is 1. The molecule has 0 radical (unpaired) electrons. The van der Waals surface area contributed by atoms with E-state index in [1.807, 2.05) is 34.9 Å². The Kier molecular flexibility index (Phi) is 5.60. The highest BCUT2D eigenvalue weighted by Gasteiger charge is 2.28. The van der Waals surface area contributed by atoms with E-state index in [-0.39, 0.29) is 11.3 Å². The standard InChI is InChI=1S/C24H19N7O5/c1-14-15(5-4-8-20(14)31(35)36)11-30-13-17(27-28-30)12-29-10-16(18-6-2-3-7-21(18)29)9-19-22(32)25-24(34)26-23(19)33/h2-10,13H,11-12H2,1H3,(H2,25,26,32,33,34). The van der Waals surface area contributed by atoms with Gasteiger partial charge in [-0.15, -0.1) is 5.10 Å². The Morgan fingerprint density at radius 2 is 1.75 bits per heavy atom. The van der Waals surface area contributed by atoms with E-state index in [1.54, 1.807) is 30.1 Å². The molecule has 2 aromatic carbocycles. The van der Waals surface area contributed by atoms with E-state index in [1.165, 1.54) is 12.1 Å². The molecule has 3 heterocycles. The van der Waals surface area contributed by atoms with E-state index in [9.17, 15) is 24.5 Å². The summed E-state index contributed by atoms with van der Waals surface area (Å²) in [5, 5.41) is 24.6. The van der Waals surface area contributed by atoms with Gasteiger partial charge >= 0.3 is 6.03 Å². The molecular formula is C24H19N7O5. The van der Waals surface area contributed by atoms with Crippen LogP contribution in [0.2, 0.25) is 0 Å². The molecule has 5 rings (SSSR count). The van der Waals surface area contributed by atoms with Crippen LogP contribution in [0.3, 0.4) is 0 Å².